The molecule has 5 heteroatoms. The van der Waals surface area contributed by atoms with Crippen molar-refractivity contribution >= 4 is 10.8 Å². The van der Waals surface area contributed by atoms with Crippen LogP contribution in [0.4, 0.5) is 0 Å². The van der Waals surface area contributed by atoms with Crippen molar-refractivity contribution in [2.45, 2.75) is 19.1 Å². The minimum atomic E-state index is -1.14. The summed E-state index contributed by atoms with van der Waals surface area (Å²) in [4.78, 5) is 14.5. The Balaban J connectivity index is 2.72. The number of aromatic nitrogens is 1. The third-order valence-electron chi connectivity index (χ3n) is 1.96. The quantitative estimate of drug-likeness (QED) is 0.771. The van der Waals surface area contributed by atoms with E-state index in [-0.39, 0.29) is 16.9 Å². The highest BCUT2D eigenvalue weighted by molar-refractivity contribution is 7.84. The summed E-state index contributed by atoms with van der Waals surface area (Å²) in [5.41, 5.74) is 0.400. The SMILES string of the molecule is C#CCS(=O)Cc1cc(=O)c(OCCC)c[nH]1. The van der Waals surface area contributed by atoms with Crippen molar-refractivity contribution in [3.05, 3.63) is 28.2 Å². The second-order valence-corrected chi connectivity index (χ2v) is 4.92. The molecule has 0 radical (unpaired) electrons. The highest BCUT2D eigenvalue weighted by atomic mass is 32.2. The molecule has 0 aromatic carbocycles. The van der Waals surface area contributed by atoms with Gasteiger partial charge in [-0.3, -0.25) is 9.00 Å². The van der Waals surface area contributed by atoms with Crippen LogP contribution in [0.1, 0.15) is 19.0 Å². The van der Waals surface area contributed by atoms with Crippen LogP contribution in [0.3, 0.4) is 0 Å². The van der Waals surface area contributed by atoms with E-state index in [4.69, 9.17) is 11.2 Å². The Bertz CT molecular complexity index is 487. The van der Waals surface area contributed by atoms with Gasteiger partial charge in [-0.2, -0.15) is 0 Å². The molecule has 1 rings (SSSR count). The Kier molecular flexibility index (Phi) is 5.50. The number of pyridine rings is 1. The summed E-state index contributed by atoms with van der Waals surface area (Å²) in [6, 6.07) is 1.40. The van der Waals surface area contributed by atoms with Gasteiger partial charge >= 0.3 is 0 Å². The largest absolute Gasteiger partial charge is 0.488 e. The second kappa shape index (κ2) is 6.92. The molecule has 4 nitrogen and oxygen atoms in total. The number of ether oxygens (including phenoxy) is 1. The van der Waals surface area contributed by atoms with Gasteiger partial charge in [-0.05, 0) is 6.42 Å². The topological polar surface area (TPSA) is 59.2 Å². The Morgan fingerprint density at radius 3 is 2.94 bits per heavy atom. The third-order valence-corrected chi connectivity index (χ3v) is 3.08. The first-order chi connectivity index (χ1) is 8.17. The van der Waals surface area contributed by atoms with Crippen LogP contribution in [-0.2, 0) is 16.6 Å². The summed E-state index contributed by atoms with van der Waals surface area (Å²) in [7, 11) is -1.14. The summed E-state index contributed by atoms with van der Waals surface area (Å²) in [6.45, 7) is 2.47. The van der Waals surface area contributed by atoms with Gasteiger partial charge in [-0.1, -0.05) is 12.8 Å². The predicted molar refractivity (Wildman–Crippen MR) is 68.4 cm³/mol. The van der Waals surface area contributed by atoms with Crippen LogP contribution in [0.25, 0.3) is 0 Å². The second-order valence-electron chi connectivity index (χ2n) is 3.47. The molecule has 0 aliphatic heterocycles. The number of hydrogen-bond acceptors (Lipinski definition) is 3. The van der Waals surface area contributed by atoms with Gasteiger partial charge < -0.3 is 9.72 Å². The molecule has 17 heavy (non-hydrogen) atoms. The molecule has 0 amide bonds. The summed E-state index contributed by atoms with van der Waals surface area (Å²) < 4.78 is 16.6. The van der Waals surface area contributed by atoms with Gasteiger partial charge in [0, 0.05) is 28.8 Å². The molecule has 1 unspecified atom stereocenters. The van der Waals surface area contributed by atoms with Crippen molar-refractivity contribution < 1.29 is 8.95 Å². The summed E-state index contributed by atoms with van der Waals surface area (Å²) in [6.07, 6.45) is 7.40. The maximum absolute atomic E-state index is 11.6. The lowest BCUT2D eigenvalue weighted by Crippen LogP contribution is -2.11. The van der Waals surface area contributed by atoms with Crippen LogP contribution < -0.4 is 10.2 Å². The molecule has 1 aromatic rings. The van der Waals surface area contributed by atoms with E-state index in [1.54, 1.807) is 0 Å². The minimum absolute atomic E-state index is 0.191. The first-order valence-corrected chi connectivity index (χ1v) is 6.79. The van der Waals surface area contributed by atoms with E-state index in [9.17, 15) is 9.00 Å². The van der Waals surface area contributed by atoms with Gasteiger partial charge in [-0.15, -0.1) is 6.42 Å². The van der Waals surface area contributed by atoms with Crippen molar-refractivity contribution in [3.8, 4) is 18.1 Å². The van der Waals surface area contributed by atoms with Crippen LogP contribution >= 0.6 is 0 Å². The van der Waals surface area contributed by atoms with Crippen LogP contribution in [-0.4, -0.2) is 21.6 Å². The maximum Gasteiger partial charge on any atom is 0.223 e. The van der Waals surface area contributed by atoms with Crippen LogP contribution in [0, 0.1) is 12.3 Å². The van der Waals surface area contributed by atoms with E-state index >= 15 is 0 Å². The van der Waals surface area contributed by atoms with Crippen molar-refractivity contribution in [2.24, 2.45) is 0 Å². The third kappa shape index (κ3) is 4.45. The molecule has 0 aliphatic carbocycles. The fraction of sp³-hybridized carbons (Fsp3) is 0.417. The fourth-order valence-corrected chi connectivity index (χ4v) is 2.03. The maximum atomic E-state index is 11.6. The smallest absolute Gasteiger partial charge is 0.223 e. The highest BCUT2D eigenvalue weighted by Gasteiger charge is 2.05. The first-order valence-electron chi connectivity index (χ1n) is 5.30. The van der Waals surface area contributed by atoms with Gasteiger partial charge in [0.25, 0.3) is 0 Å². The predicted octanol–water partition coefficient (Wildman–Crippen LogP) is 1.05. The summed E-state index contributed by atoms with van der Waals surface area (Å²) >= 11 is 0. The van der Waals surface area contributed by atoms with Crippen molar-refractivity contribution in [3.63, 3.8) is 0 Å². The summed E-state index contributed by atoms with van der Waals surface area (Å²) in [5.74, 6) is 3.06. The normalized spacial score (nSPS) is 11.8. The molecular formula is C12H15NO3S. The monoisotopic (exact) mass is 253 g/mol. The Morgan fingerprint density at radius 2 is 2.35 bits per heavy atom. The molecular weight excluding hydrogens is 238 g/mol. The molecule has 0 fully saturated rings. The van der Waals surface area contributed by atoms with E-state index < -0.39 is 10.8 Å². The number of H-pyrrole nitrogens is 1. The average molecular weight is 253 g/mol. The zero-order chi connectivity index (χ0) is 12.7. The molecule has 92 valence electrons. The number of aromatic amines is 1. The van der Waals surface area contributed by atoms with Gasteiger partial charge in [0.1, 0.15) is 0 Å². The molecule has 1 heterocycles. The number of nitrogens with one attached hydrogen (secondary N) is 1. The van der Waals surface area contributed by atoms with E-state index in [0.29, 0.717) is 18.1 Å². The van der Waals surface area contributed by atoms with Crippen LogP contribution in [0.5, 0.6) is 5.75 Å². The zero-order valence-corrected chi connectivity index (χ0v) is 10.5. The van der Waals surface area contributed by atoms with Crippen molar-refractivity contribution in [2.75, 3.05) is 12.4 Å². The van der Waals surface area contributed by atoms with Gasteiger partial charge in [0.2, 0.25) is 5.43 Å². The van der Waals surface area contributed by atoms with Crippen LogP contribution in [0.2, 0.25) is 0 Å². The van der Waals surface area contributed by atoms with E-state index in [2.05, 4.69) is 10.9 Å². The molecule has 0 spiro atoms. The number of hydrogen-bond donors (Lipinski definition) is 1. The standard InChI is InChI=1S/C12H15NO3S/c1-3-5-16-12-8-13-10(7-11(12)14)9-17(15)6-4-2/h2,7-8H,3,5-6,9H2,1H3,(H,13,14). The molecule has 1 atom stereocenters. The number of terminal acetylenes is 1. The minimum Gasteiger partial charge on any atom is -0.488 e. The lowest BCUT2D eigenvalue weighted by molar-refractivity contribution is 0.313. The fourth-order valence-electron chi connectivity index (χ4n) is 1.23. The molecule has 1 N–H and O–H groups in total. The van der Waals surface area contributed by atoms with Crippen molar-refractivity contribution in [1.29, 1.82) is 0 Å². The van der Waals surface area contributed by atoms with Gasteiger partial charge in [-0.25, -0.2) is 0 Å². The lowest BCUT2D eigenvalue weighted by Gasteiger charge is -2.05. The molecule has 0 saturated heterocycles. The van der Waals surface area contributed by atoms with Crippen molar-refractivity contribution in [1.82, 2.24) is 4.98 Å². The molecule has 0 saturated carbocycles. The molecule has 1 aromatic heterocycles. The Labute approximate surface area is 103 Å². The Hall–Kier alpha value is -1.54. The van der Waals surface area contributed by atoms with E-state index in [0.717, 1.165) is 6.42 Å². The zero-order valence-electron chi connectivity index (χ0n) is 9.69. The van der Waals surface area contributed by atoms with E-state index in [1.807, 2.05) is 6.92 Å². The van der Waals surface area contributed by atoms with Gasteiger partial charge in [0.05, 0.1) is 18.1 Å². The van der Waals surface area contributed by atoms with Crippen LogP contribution in [0.15, 0.2) is 17.1 Å². The highest BCUT2D eigenvalue weighted by Crippen LogP contribution is 2.04. The Morgan fingerprint density at radius 1 is 1.59 bits per heavy atom. The first kappa shape index (κ1) is 13.5. The lowest BCUT2D eigenvalue weighted by atomic mass is 10.3. The summed E-state index contributed by atoms with van der Waals surface area (Å²) in [5, 5.41) is 0. The molecule has 0 bridgehead atoms. The number of rotatable bonds is 6. The molecule has 0 aliphatic rings. The van der Waals surface area contributed by atoms with E-state index in [1.165, 1.54) is 12.3 Å². The van der Waals surface area contributed by atoms with Gasteiger partial charge in [0.15, 0.2) is 5.75 Å². The average Bonchev–Trinajstić information content (AvgIpc) is 2.28.